The van der Waals surface area contributed by atoms with E-state index in [1.807, 2.05) is 24.3 Å². The molecule has 1 N–H and O–H groups in total. The normalized spacial score (nSPS) is 14.2. The number of pyridine rings is 2. The van der Waals surface area contributed by atoms with Crippen LogP contribution in [-0.2, 0) is 0 Å². The highest BCUT2D eigenvalue weighted by molar-refractivity contribution is 7.99. The molecule has 1 aliphatic rings. The number of carbonyl (C=O) groups excluding carboxylic acids is 1. The number of rotatable bonds is 3. The van der Waals surface area contributed by atoms with E-state index in [0.717, 1.165) is 33.9 Å². The molecule has 0 bridgehead atoms. The first kappa shape index (κ1) is 14.2. The highest BCUT2D eigenvalue weighted by atomic mass is 32.2. The van der Waals surface area contributed by atoms with Crippen molar-refractivity contribution in [1.82, 2.24) is 14.9 Å². The zero-order valence-electron chi connectivity index (χ0n) is 11.2. The van der Waals surface area contributed by atoms with Gasteiger partial charge in [0, 0.05) is 30.4 Å². The number of nitrogens with zero attached hydrogens (tertiary/aromatic N) is 3. The van der Waals surface area contributed by atoms with Crippen LogP contribution >= 0.6 is 23.5 Å². The average molecular weight is 318 g/mol. The van der Waals surface area contributed by atoms with Crippen molar-refractivity contribution in [3.8, 4) is 0 Å². The van der Waals surface area contributed by atoms with Crippen LogP contribution in [0.2, 0.25) is 0 Å². The second kappa shape index (κ2) is 6.82. The Morgan fingerprint density at radius 3 is 2.90 bits per heavy atom. The maximum Gasteiger partial charge on any atom is 0.322 e. The summed E-state index contributed by atoms with van der Waals surface area (Å²) in [5.41, 5.74) is 0.755. The molecule has 0 spiro atoms. The van der Waals surface area contributed by atoms with E-state index in [1.54, 1.807) is 35.1 Å². The molecule has 0 aromatic carbocycles. The summed E-state index contributed by atoms with van der Waals surface area (Å²) in [7, 11) is 0. The lowest BCUT2D eigenvalue weighted by molar-refractivity contribution is 0.225. The van der Waals surface area contributed by atoms with E-state index in [-0.39, 0.29) is 6.03 Å². The molecule has 1 fully saturated rings. The molecule has 0 unspecified atom stereocenters. The van der Waals surface area contributed by atoms with Crippen LogP contribution in [0, 0.1) is 0 Å². The Kier molecular flexibility index (Phi) is 4.62. The zero-order valence-corrected chi connectivity index (χ0v) is 12.9. The van der Waals surface area contributed by atoms with Gasteiger partial charge in [-0.1, -0.05) is 17.8 Å². The van der Waals surface area contributed by atoms with E-state index in [2.05, 4.69) is 15.3 Å². The number of amides is 2. The fourth-order valence-electron chi connectivity index (χ4n) is 1.83. The van der Waals surface area contributed by atoms with Gasteiger partial charge >= 0.3 is 6.03 Å². The number of urea groups is 1. The third-order valence-electron chi connectivity index (χ3n) is 2.87. The number of hydrogen-bond donors (Lipinski definition) is 1. The standard InChI is InChI=1S/C14H14N4OS2/c19-14(18-7-8-20-10-18)17-11-4-6-16-13(9-11)21-12-3-1-2-5-15-12/h1-6,9H,7-8,10H2,(H,16,17,19). The van der Waals surface area contributed by atoms with Crippen molar-refractivity contribution in [3.63, 3.8) is 0 Å². The number of hydrogen-bond acceptors (Lipinski definition) is 5. The summed E-state index contributed by atoms with van der Waals surface area (Å²) < 4.78 is 0. The Hall–Kier alpha value is -1.73. The van der Waals surface area contributed by atoms with Gasteiger partial charge in [0.05, 0.1) is 5.88 Å². The van der Waals surface area contributed by atoms with Crippen LogP contribution in [-0.4, -0.2) is 39.1 Å². The van der Waals surface area contributed by atoms with E-state index in [4.69, 9.17) is 0 Å². The lowest BCUT2D eigenvalue weighted by atomic mass is 10.4. The highest BCUT2D eigenvalue weighted by Crippen LogP contribution is 2.25. The highest BCUT2D eigenvalue weighted by Gasteiger charge is 2.18. The second-order valence-electron chi connectivity index (χ2n) is 4.38. The quantitative estimate of drug-likeness (QED) is 0.942. The van der Waals surface area contributed by atoms with Crippen molar-refractivity contribution in [2.45, 2.75) is 10.1 Å². The lowest BCUT2D eigenvalue weighted by Gasteiger charge is -2.15. The minimum Gasteiger partial charge on any atom is -0.314 e. The molecule has 3 heterocycles. The van der Waals surface area contributed by atoms with Crippen molar-refractivity contribution >= 4 is 35.2 Å². The Labute approximate surface area is 131 Å². The van der Waals surface area contributed by atoms with Crippen molar-refractivity contribution < 1.29 is 4.79 Å². The van der Waals surface area contributed by atoms with E-state index >= 15 is 0 Å². The van der Waals surface area contributed by atoms with Crippen LogP contribution in [0.5, 0.6) is 0 Å². The first-order chi connectivity index (χ1) is 10.3. The molecule has 21 heavy (non-hydrogen) atoms. The first-order valence-corrected chi connectivity index (χ1v) is 8.47. The molecule has 2 aromatic heterocycles. The lowest BCUT2D eigenvalue weighted by Crippen LogP contribution is -2.32. The van der Waals surface area contributed by atoms with Gasteiger partial charge < -0.3 is 10.2 Å². The summed E-state index contributed by atoms with van der Waals surface area (Å²) in [5, 5.41) is 4.60. The molecule has 5 nitrogen and oxygen atoms in total. The van der Waals surface area contributed by atoms with Gasteiger partial charge in [-0.05, 0) is 24.3 Å². The zero-order chi connectivity index (χ0) is 14.5. The van der Waals surface area contributed by atoms with Crippen LogP contribution in [0.15, 0.2) is 52.8 Å². The van der Waals surface area contributed by atoms with Crippen molar-refractivity contribution in [2.75, 3.05) is 23.5 Å². The van der Waals surface area contributed by atoms with Gasteiger partial charge in [-0.3, -0.25) is 0 Å². The van der Waals surface area contributed by atoms with E-state index in [1.165, 1.54) is 11.8 Å². The van der Waals surface area contributed by atoms with Crippen LogP contribution in [0.4, 0.5) is 10.5 Å². The fourth-order valence-corrected chi connectivity index (χ4v) is 3.55. The average Bonchev–Trinajstić information content (AvgIpc) is 3.03. The third-order valence-corrected chi connectivity index (χ3v) is 4.72. The van der Waals surface area contributed by atoms with Gasteiger partial charge in [-0.15, -0.1) is 11.8 Å². The summed E-state index contributed by atoms with van der Waals surface area (Å²) >= 11 is 3.24. The minimum atomic E-state index is -0.0556. The van der Waals surface area contributed by atoms with Crippen molar-refractivity contribution in [3.05, 3.63) is 42.7 Å². The molecule has 7 heteroatoms. The Morgan fingerprint density at radius 2 is 2.14 bits per heavy atom. The van der Waals surface area contributed by atoms with Crippen LogP contribution in [0.25, 0.3) is 0 Å². The summed E-state index contributed by atoms with van der Waals surface area (Å²) in [4.78, 5) is 22.4. The van der Waals surface area contributed by atoms with Crippen LogP contribution in [0.1, 0.15) is 0 Å². The maximum atomic E-state index is 12.0. The van der Waals surface area contributed by atoms with Gasteiger partial charge in [-0.2, -0.15) is 0 Å². The van der Waals surface area contributed by atoms with E-state index in [9.17, 15) is 4.79 Å². The molecule has 0 saturated carbocycles. The monoisotopic (exact) mass is 318 g/mol. The number of aromatic nitrogens is 2. The third kappa shape index (κ3) is 3.89. The van der Waals surface area contributed by atoms with Gasteiger partial charge in [0.25, 0.3) is 0 Å². The van der Waals surface area contributed by atoms with Gasteiger partial charge in [0.1, 0.15) is 10.1 Å². The molecule has 1 aliphatic heterocycles. The largest absolute Gasteiger partial charge is 0.322 e. The Bertz CT molecular complexity index is 617. The smallest absolute Gasteiger partial charge is 0.314 e. The van der Waals surface area contributed by atoms with Gasteiger partial charge in [0.15, 0.2) is 0 Å². The second-order valence-corrected chi connectivity index (χ2v) is 6.50. The summed E-state index contributed by atoms with van der Waals surface area (Å²) in [6, 6.07) is 9.34. The predicted molar refractivity (Wildman–Crippen MR) is 85.6 cm³/mol. The first-order valence-electron chi connectivity index (χ1n) is 6.50. The number of nitrogens with one attached hydrogen (secondary N) is 1. The van der Waals surface area contributed by atoms with E-state index in [0.29, 0.717) is 0 Å². The fraction of sp³-hybridized carbons (Fsp3) is 0.214. The van der Waals surface area contributed by atoms with Crippen molar-refractivity contribution in [1.29, 1.82) is 0 Å². The molecule has 0 radical (unpaired) electrons. The molecule has 0 aliphatic carbocycles. The topological polar surface area (TPSA) is 58.1 Å². The SMILES string of the molecule is O=C(Nc1ccnc(Sc2ccccn2)c1)N1CCSC1. The number of thioether (sulfide) groups is 1. The molecule has 3 rings (SSSR count). The van der Waals surface area contributed by atoms with E-state index < -0.39 is 0 Å². The van der Waals surface area contributed by atoms with Crippen LogP contribution in [0.3, 0.4) is 0 Å². The summed E-state index contributed by atoms with van der Waals surface area (Å²) in [6.07, 6.45) is 3.44. The van der Waals surface area contributed by atoms with Crippen molar-refractivity contribution in [2.24, 2.45) is 0 Å². The predicted octanol–water partition coefficient (Wildman–Crippen LogP) is 3.17. The number of anilines is 1. The molecule has 108 valence electrons. The summed E-state index contributed by atoms with van der Waals surface area (Å²) in [5.74, 6) is 1.76. The molecular weight excluding hydrogens is 304 g/mol. The number of carbonyl (C=O) groups is 1. The molecular formula is C14H14N4OS2. The molecule has 2 aromatic rings. The Morgan fingerprint density at radius 1 is 1.24 bits per heavy atom. The molecule has 2 amide bonds. The van der Waals surface area contributed by atoms with Gasteiger partial charge in [-0.25, -0.2) is 14.8 Å². The maximum absolute atomic E-state index is 12.0. The summed E-state index contributed by atoms with van der Waals surface area (Å²) in [6.45, 7) is 0.803. The Balaban J connectivity index is 1.66. The van der Waals surface area contributed by atoms with Gasteiger partial charge in [0.2, 0.25) is 0 Å². The van der Waals surface area contributed by atoms with Crippen LogP contribution < -0.4 is 5.32 Å². The molecule has 0 atom stereocenters. The molecule has 1 saturated heterocycles. The minimum absolute atomic E-state index is 0.0556.